The van der Waals surface area contributed by atoms with Crippen LogP contribution in [0.1, 0.15) is 23.6 Å². The van der Waals surface area contributed by atoms with Crippen molar-refractivity contribution in [3.05, 3.63) is 41.0 Å². The first-order valence-corrected chi connectivity index (χ1v) is 4.29. The molecule has 0 unspecified atom stereocenters. The van der Waals surface area contributed by atoms with E-state index in [2.05, 4.69) is 38.1 Å². The highest BCUT2D eigenvalue weighted by atomic mass is 14.2. The number of rotatable bonds is 1. The average Bonchev–Trinajstić information content (AvgIpc) is 2.09. The Hall–Kier alpha value is -1.55. The van der Waals surface area contributed by atoms with Gasteiger partial charge in [0.15, 0.2) is 0 Å². The van der Waals surface area contributed by atoms with Gasteiger partial charge in [0.2, 0.25) is 0 Å². The van der Waals surface area contributed by atoms with Crippen LogP contribution in [0.25, 0.3) is 5.57 Å². The lowest BCUT2D eigenvalue weighted by Crippen LogP contribution is -1.86. The van der Waals surface area contributed by atoms with Crippen LogP contribution in [0.3, 0.4) is 0 Å². The van der Waals surface area contributed by atoms with Crippen molar-refractivity contribution in [2.45, 2.75) is 20.8 Å². The molecule has 1 heteroatoms. The van der Waals surface area contributed by atoms with Gasteiger partial charge in [-0.25, -0.2) is 0 Å². The van der Waals surface area contributed by atoms with Gasteiger partial charge in [-0.15, -0.1) is 0 Å². The molecule has 1 aromatic carbocycles. The first-order chi connectivity index (χ1) is 6.15. The number of aryl methyl sites for hydroxylation is 2. The Bertz CT molecular complexity index is 381. The van der Waals surface area contributed by atoms with Crippen LogP contribution in [0.5, 0.6) is 0 Å². The van der Waals surface area contributed by atoms with Crippen molar-refractivity contribution in [2.75, 3.05) is 0 Å². The van der Waals surface area contributed by atoms with E-state index in [0.717, 1.165) is 5.57 Å². The summed E-state index contributed by atoms with van der Waals surface area (Å²) in [6, 6.07) is 8.32. The summed E-state index contributed by atoms with van der Waals surface area (Å²) in [5.41, 5.74) is 4.64. The largest absolute Gasteiger partial charge is 0.193 e. The van der Waals surface area contributed by atoms with Gasteiger partial charge in [-0.2, -0.15) is 5.26 Å². The minimum Gasteiger partial charge on any atom is -0.193 e. The zero-order valence-electron chi connectivity index (χ0n) is 8.26. The summed E-state index contributed by atoms with van der Waals surface area (Å²) in [6.45, 7) is 6.08. The van der Waals surface area contributed by atoms with Crippen LogP contribution in [0.2, 0.25) is 0 Å². The first kappa shape index (κ1) is 9.54. The molecule has 0 bridgehead atoms. The molecule has 0 atom stereocenters. The predicted molar refractivity (Wildman–Crippen MR) is 55.2 cm³/mol. The van der Waals surface area contributed by atoms with E-state index >= 15 is 0 Å². The zero-order valence-corrected chi connectivity index (χ0v) is 8.26. The van der Waals surface area contributed by atoms with Crippen LogP contribution >= 0.6 is 0 Å². The molecule has 0 radical (unpaired) electrons. The van der Waals surface area contributed by atoms with Crippen molar-refractivity contribution < 1.29 is 0 Å². The lowest BCUT2D eigenvalue weighted by atomic mass is 9.99. The Morgan fingerprint density at radius 2 is 2.08 bits per heavy atom. The van der Waals surface area contributed by atoms with Gasteiger partial charge in [-0.1, -0.05) is 23.8 Å². The van der Waals surface area contributed by atoms with Crippen LogP contribution in [0, 0.1) is 25.2 Å². The number of hydrogen-bond donors (Lipinski definition) is 0. The summed E-state index contributed by atoms with van der Waals surface area (Å²) in [7, 11) is 0. The number of allylic oxidation sites excluding steroid dienone is 2. The molecule has 1 rings (SSSR count). The van der Waals surface area contributed by atoms with E-state index < -0.39 is 0 Å². The fourth-order valence-corrected chi connectivity index (χ4v) is 1.34. The average molecular weight is 171 g/mol. The Labute approximate surface area is 79.3 Å². The van der Waals surface area contributed by atoms with Crippen molar-refractivity contribution in [2.24, 2.45) is 0 Å². The normalized spacial score (nSPS) is 11.1. The molecule has 0 spiro atoms. The molecular formula is C12H13N. The van der Waals surface area contributed by atoms with Gasteiger partial charge in [0.05, 0.1) is 6.07 Å². The van der Waals surface area contributed by atoms with Gasteiger partial charge in [0.1, 0.15) is 0 Å². The van der Waals surface area contributed by atoms with Gasteiger partial charge in [0.25, 0.3) is 0 Å². The van der Waals surface area contributed by atoms with E-state index in [1.54, 1.807) is 6.08 Å². The van der Waals surface area contributed by atoms with Crippen molar-refractivity contribution >= 4 is 5.57 Å². The summed E-state index contributed by atoms with van der Waals surface area (Å²) < 4.78 is 0. The Balaban J connectivity index is 3.22. The van der Waals surface area contributed by atoms with E-state index in [9.17, 15) is 0 Å². The Kier molecular flexibility index (Phi) is 2.87. The van der Waals surface area contributed by atoms with Crippen LogP contribution in [-0.2, 0) is 0 Å². The smallest absolute Gasteiger partial charge is 0.0915 e. The van der Waals surface area contributed by atoms with E-state index in [4.69, 9.17) is 5.26 Å². The molecule has 1 aromatic rings. The number of nitriles is 1. The SMILES string of the molecule is C/C(=C\C#N)c1cc(C)ccc1C. The molecule has 1 nitrogen and oxygen atoms in total. The predicted octanol–water partition coefficient (Wildman–Crippen LogP) is 3.23. The minimum absolute atomic E-state index is 1.03. The highest BCUT2D eigenvalue weighted by molar-refractivity contribution is 5.68. The Morgan fingerprint density at radius 1 is 1.38 bits per heavy atom. The summed E-state index contributed by atoms with van der Waals surface area (Å²) in [4.78, 5) is 0. The second-order valence-corrected chi connectivity index (χ2v) is 3.27. The van der Waals surface area contributed by atoms with Gasteiger partial charge in [-0.3, -0.25) is 0 Å². The second kappa shape index (κ2) is 3.91. The molecule has 0 saturated heterocycles. The summed E-state index contributed by atoms with van der Waals surface area (Å²) >= 11 is 0. The zero-order chi connectivity index (χ0) is 9.84. The molecule has 0 fully saturated rings. The molecule has 0 aliphatic rings. The topological polar surface area (TPSA) is 23.8 Å². The summed E-state index contributed by atoms with van der Waals surface area (Å²) in [6.07, 6.45) is 1.59. The molecule has 0 aromatic heterocycles. The van der Waals surface area contributed by atoms with E-state index in [1.165, 1.54) is 16.7 Å². The van der Waals surface area contributed by atoms with Crippen molar-refractivity contribution in [3.8, 4) is 6.07 Å². The van der Waals surface area contributed by atoms with Crippen molar-refractivity contribution in [1.82, 2.24) is 0 Å². The van der Waals surface area contributed by atoms with Crippen LogP contribution < -0.4 is 0 Å². The summed E-state index contributed by atoms with van der Waals surface area (Å²) in [5, 5.41) is 8.53. The Morgan fingerprint density at radius 3 is 2.69 bits per heavy atom. The highest BCUT2D eigenvalue weighted by Crippen LogP contribution is 2.19. The van der Waals surface area contributed by atoms with Gasteiger partial charge >= 0.3 is 0 Å². The molecule has 0 amide bonds. The third-order valence-corrected chi connectivity index (χ3v) is 2.10. The molecule has 0 N–H and O–H groups in total. The van der Waals surface area contributed by atoms with Gasteiger partial charge in [-0.05, 0) is 37.5 Å². The first-order valence-electron chi connectivity index (χ1n) is 4.29. The molecular weight excluding hydrogens is 158 g/mol. The number of benzene rings is 1. The third-order valence-electron chi connectivity index (χ3n) is 2.10. The maximum absolute atomic E-state index is 8.53. The van der Waals surface area contributed by atoms with Gasteiger partial charge in [0, 0.05) is 6.08 Å². The summed E-state index contributed by atoms with van der Waals surface area (Å²) in [5.74, 6) is 0. The van der Waals surface area contributed by atoms with Crippen molar-refractivity contribution in [1.29, 1.82) is 5.26 Å². The fraction of sp³-hybridized carbons (Fsp3) is 0.250. The molecule has 0 aliphatic heterocycles. The number of hydrogen-bond acceptors (Lipinski definition) is 1. The van der Waals surface area contributed by atoms with Crippen LogP contribution in [0.15, 0.2) is 24.3 Å². The third kappa shape index (κ3) is 2.19. The molecule has 13 heavy (non-hydrogen) atoms. The van der Waals surface area contributed by atoms with Crippen molar-refractivity contribution in [3.63, 3.8) is 0 Å². The molecule has 66 valence electrons. The number of nitrogens with zero attached hydrogens (tertiary/aromatic N) is 1. The maximum atomic E-state index is 8.53. The monoisotopic (exact) mass is 171 g/mol. The second-order valence-electron chi connectivity index (χ2n) is 3.27. The maximum Gasteiger partial charge on any atom is 0.0915 e. The molecule has 0 aliphatic carbocycles. The molecule has 0 saturated carbocycles. The van der Waals surface area contributed by atoms with E-state index in [1.807, 2.05) is 6.92 Å². The lowest BCUT2D eigenvalue weighted by Gasteiger charge is -2.05. The minimum atomic E-state index is 1.03. The van der Waals surface area contributed by atoms with Gasteiger partial charge < -0.3 is 0 Å². The quantitative estimate of drug-likeness (QED) is 0.595. The highest BCUT2D eigenvalue weighted by Gasteiger charge is 1.99. The van der Waals surface area contributed by atoms with E-state index in [0.29, 0.717) is 0 Å². The fourth-order valence-electron chi connectivity index (χ4n) is 1.34. The van der Waals surface area contributed by atoms with Crippen LogP contribution in [0.4, 0.5) is 0 Å². The van der Waals surface area contributed by atoms with E-state index in [-0.39, 0.29) is 0 Å². The standard InChI is InChI=1S/C12H13N/c1-9-4-5-10(2)12(8-9)11(3)6-7-13/h4-6,8H,1-3H3/b11-6+. The van der Waals surface area contributed by atoms with Crippen LogP contribution in [-0.4, -0.2) is 0 Å². The molecule has 0 heterocycles. The lowest BCUT2D eigenvalue weighted by molar-refractivity contribution is 1.35.